The molecule has 0 unspecified atom stereocenters. The van der Waals surface area contributed by atoms with Crippen LogP contribution in [0.3, 0.4) is 0 Å². The van der Waals surface area contributed by atoms with Crippen molar-refractivity contribution >= 4 is 10.1 Å². The molecule has 0 aromatic carbocycles. The average molecular weight is 205 g/mol. The Morgan fingerprint density at radius 1 is 1.46 bits per heavy atom. The van der Waals surface area contributed by atoms with E-state index in [0.717, 1.165) is 5.56 Å². The Bertz CT molecular complexity index is 393. The molecular weight excluding hydrogens is 194 g/mol. The SMILES string of the molecule is Cc1onc(CCS(=O)(=O)O)c1C. The molecule has 1 heterocycles. The molecular formula is C7H11NO4S. The third-order valence-electron chi connectivity index (χ3n) is 1.85. The van der Waals surface area contributed by atoms with Crippen molar-refractivity contribution in [2.45, 2.75) is 20.3 Å². The minimum Gasteiger partial charge on any atom is -0.361 e. The topological polar surface area (TPSA) is 80.4 Å². The first kappa shape index (κ1) is 10.2. The maximum absolute atomic E-state index is 10.4. The van der Waals surface area contributed by atoms with Crippen LogP contribution in [0.25, 0.3) is 0 Å². The van der Waals surface area contributed by atoms with E-state index >= 15 is 0 Å². The van der Waals surface area contributed by atoms with Gasteiger partial charge in [-0.15, -0.1) is 0 Å². The fourth-order valence-corrected chi connectivity index (χ4v) is 1.37. The van der Waals surface area contributed by atoms with E-state index in [-0.39, 0.29) is 12.2 Å². The second kappa shape index (κ2) is 3.47. The number of hydrogen-bond acceptors (Lipinski definition) is 4. The van der Waals surface area contributed by atoms with Gasteiger partial charge in [0.25, 0.3) is 10.1 Å². The lowest BCUT2D eigenvalue weighted by atomic mass is 10.2. The molecule has 1 aromatic rings. The number of aryl methyl sites for hydroxylation is 2. The van der Waals surface area contributed by atoms with Crippen molar-refractivity contribution in [3.8, 4) is 0 Å². The molecule has 5 nitrogen and oxygen atoms in total. The van der Waals surface area contributed by atoms with Gasteiger partial charge >= 0.3 is 0 Å². The Hall–Kier alpha value is -0.880. The van der Waals surface area contributed by atoms with E-state index in [1.165, 1.54) is 0 Å². The lowest BCUT2D eigenvalue weighted by molar-refractivity contribution is 0.390. The Morgan fingerprint density at radius 3 is 2.46 bits per heavy atom. The predicted octanol–water partition coefficient (Wildman–Crippen LogP) is 0.722. The molecule has 0 aliphatic heterocycles. The molecule has 0 spiro atoms. The van der Waals surface area contributed by atoms with Crippen LogP contribution in [0.1, 0.15) is 17.0 Å². The summed E-state index contributed by atoms with van der Waals surface area (Å²) in [4.78, 5) is 0. The Morgan fingerprint density at radius 2 is 2.08 bits per heavy atom. The Balaban J connectivity index is 2.71. The molecule has 0 amide bonds. The van der Waals surface area contributed by atoms with Crippen LogP contribution in [0.15, 0.2) is 4.52 Å². The molecule has 6 heteroatoms. The molecule has 1 rings (SSSR count). The number of nitrogens with zero attached hydrogens (tertiary/aromatic N) is 1. The number of aromatic nitrogens is 1. The van der Waals surface area contributed by atoms with Gasteiger partial charge in [0, 0.05) is 12.0 Å². The molecule has 1 N–H and O–H groups in total. The summed E-state index contributed by atoms with van der Waals surface area (Å²) in [5.74, 6) is 0.352. The van der Waals surface area contributed by atoms with E-state index in [4.69, 9.17) is 9.08 Å². The zero-order valence-corrected chi connectivity index (χ0v) is 8.26. The van der Waals surface area contributed by atoms with E-state index in [9.17, 15) is 8.42 Å². The van der Waals surface area contributed by atoms with E-state index < -0.39 is 10.1 Å². The molecule has 0 aliphatic carbocycles. The highest BCUT2D eigenvalue weighted by molar-refractivity contribution is 7.85. The van der Waals surface area contributed by atoms with Crippen LogP contribution in [0.4, 0.5) is 0 Å². The first-order valence-corrected chi connectivity index (χ1v) is 5.38. The zero-order valence-electron chi connectivity index (χ0n) is 7.44. The lowest BCUT2D eigenvalue weighted by Gasteiger charge is -1.94. The van der Waals surface area contributed by atoms with Gasteiger partial charge in [-0.05, 0) is 13.8 Å². The van der Waals surface area contributed by atoms with Crippen molar-refractivity contribution in [3.05, 3.63) is 17.0 Å². The van der Waals surface area contributed by atoms with E-state index in [1.807, 2.05) is 0 Å². The van der Waals surface area contributed by atoms with Crippen LogP contribution in [-0.4, -0.2) is 23.9 Å². The summed E-state index contributed by atoms with van der Waals surface area (Å²) in [5, 5.41) is 3.67. The molecule has 0 aliphatic rings. The second-order valence-corrected chi connectivity index (χ2v) is 4.42. The summed E-state index contributed by atoms with van der Waals surface area (Å²) < 4.78 is 34.2. The average Bonchev–Trinajstić information content (AvgIpc) is 2.29. The van der Waals surface area contributed by atoms with Crippen molar-refractivity contribution < 1.29 is 17.5 Å². The highest BCUT2D eigenvalue weighted by Gasteiger charge is 2.11. The van der Waals surface area contributed by atoms with Gasteiger partial charge in [-0.3, -0.25) is 4.55 Å². The monoisotopic (exact) mass is 205 g/mol. The minimum atomic E-state index is -3.91. The molecule has 74 valence electrons. The second-order valence-electron chi connectivity index (χ2n) is 2.85. The molecule has 0 saturated heterocycles. The zero-order chi connectivity index (χ0) is 10.1. The summed E-state index contributed by atoms with van der Waals surface area (Å²) in [6, 6.07) is 0. The van der Waals surface area contributed by atoms with Crippen molar-refractivity contribution in [2.24, 2.45) is 0 Å². The van der Waals surface area contributed by atoms with Crippen LogP contribution >= 0.6 is 0 Å². The van der Waals surface area contributed by atoms with Gasteiger partial charge in [0.1, 0.15) is 5.76 Å². The molecule has 13 heavy (non-hydrogen) atoms. The van der Waals surface area contributed by atoms with Crippen molar-refractivity contribution in [1.82, 2.24) is 5.16 Å². The van der Waals surface area contributed by atoms with Crippen LogP contribution < -0.4 is 0 Å². The lowest BCUT2D eigenvalue weighted by Crippen LogP contribution is -2.07. The molecule has 0 bridgehead atoms. The molecule has 0 saturated carbocycles. The molecule has 0 atom stereocenters. The largest absolute Gasteiger partial charge is 0.361 e. The molecule has 0 radical (unpaired) electrons. The van der Waals surface area contributed by atoms with Crippen LogP contribution in [-0.2, 0) is 16.5 Å². The fraction of sp³-hybridized carbons (Fsp3) is 0.571. The molecule has 0 fully saturated rings. The smallest absolute Gasteiger partial charge is 0.265 e. The van der Waals surface area contributed by atoms with Gasteiger partial charge in [-0.2, -0.15) is 8.42 Å². The summed E-state index contributed by atoms with van der Waals surface area (Å²) >= 11 is 0. The highest BCUT2D eigenvalue weighted by atomic mass is 32.2. The van der Waals surface area contributed by atoms with E-state index in [2.05, 4.69) is 5.16 Å². The normalized spacial score (nSPS) is 11.9. The summed E-state index contributed by atoms with van der Waals surface area (Å²) in [6.07, 6.45) is 0.183. The van der Waals surface area contributed by atoms with Gasteiger partial charge in [0.15, 0.2) is 0 Å². The van der Waals surface area contributed by atoms with Gasteiger partial charge in [0.05, 0.1) is 11.4 Å². The third kappa shape index (κ3) is 2.82. The van der Waals surface area contributed by atoms with Crippen LogP contribution in [0.5, 0.6) is 0 Å². The van der Waals surface area contributed by atoms with Gasteiger partial charge < -0.3 is 4.52 Å². The van der Waals surface area contributed by atoms with Crippen LogP contribution in [0, 0.1) is 13.8 Å². The van der Waals surface area contributed by atoms with E-state index in [1.54, 1.807) is 13.8 Å². The Labute approximate surface area is 76.5 Å². The predicted molar refractivity (Wildman–Crippen MR) is 46.1 cm³/mol. The summed E-state index contributed by atoms with van der Waals surface area (Å²) in [7, 11) is -3.91. The van der Waals surface area contributed by atoms with Gasteiger partial charge in [0.2, 0.25) is 0 Å². The standard InChI is InChI=1S/C7H11NO4S/c1-5-6(2)12-8-7(5)3-4-13(9,10)11/h3-4H2,1-2H3,(H,9,10,11). The van der Waals surface area contributed by atoms with Crippen molar-refractivity contribution in [2.75, 3.05) is 5.75 Å². The minimum absolute atomic E-state index is 0.183. The van der Waals surface area contributed by atoms with Crippen molar-refractivity contribution in [1.29, 1.82) is 0 Å². The maximum atomic E-state index is 10.4. The molecule has 1 aromatic heterocycles. The number of hydrogen-bond donors (Lipinski definition) is 1. The summed E-state index contributed by atoms with van der Waals surface area (Å²) in [6.45, 7) is 3.55. The third-order valence-corrected chi connectivity index (χ3v) is 2.57. The quantitative estimate of drug-likeness (QED) is 0.735. The highest BCUT2D eigenvalue weighted by Crippen LogP contribution is 2.12. The Kier molecular flexibility index (Phi) is 2.72. The van der Waals surface area contributed by atoms with E-state index in [0.29, 0.717) is 11.5 Å². The maximum Gasteiger partial charge on any atom is 0.265 e. The van der Waals surface area contributed by atoms with Crippen molar-refractivity contribution in [3.63, 3.8) is 0 Å². The van der Waals surface area contributed by atoms with Gasteiger partial charge in [-0.25, -0.2) is 0 Å². The van der Waals surface area contributed by atoms with Crippen LogP contribution in [0.2, 0.25) is 0 Å². The first-order valence-electron chi connectivity index (χ1n) is 3.77. The van der Waals surface area contributed by atoms with Gasteiger partial charge in [-0.1, -0.05) is 5.16 Å². The number of rotatable bonds is 3. The summed E-state index contributed by atoms with van der Waals surface area (Å²) in [5.41, 5.74) is 1.42. The fourth-order valence-electron chi connectivity index (χ4n) is 0.922. The first-order chi connectivity index (χ1) is 5.90.